The number of hydrazone groups is 1. The molecule has 0 aliphatic carbocycles. The Kier molecular flexibility index (Phi) is 6.90. The quantitative estimate of drug-likeness (QED) is 0.206. The highest BCUT2D eigenvalue weighted by Crippen LogP contribution is 2.19. The minimum Gasteiger partial charge on any atom is -0.334 e. The van der Waals surface area contributed by atoms with Gasteiger partial charge in [-0.25, -0.2) is 10.1 Å². The van der Waals surface area contributed by atoms with Gasteiger partial charge in [0.05, 0.1) is 12.0 Å². The summed E-state index contributed by atoms with van der Waals surface area (Å²) in [5.74, 6) is 6.12. The van der Waals surface area contributed by atoms with Crippen LogP contribution in [0.3, 0.4) is 0 Å². The summed E-state index contributed by atoms with van der Waals surface area (Å²) >= 11 is 10.6. The third kappa shape index (κ3) is 5.47. The largest absolute Gasteiger partial charge is 0.334 e. The summed E-state index contributed by atoms with van der Waals surface area (Å²) in [6.45, 7) is 0. The van der Waals surface area contributed by atoms with Gasteiger partial charge in [0.25, 0.3) is 5.95 Å². The molecule has 0 atom stereocenters. The summed E-state index contributed by atoms with van der Waals surface area (Å²) in [5.41, 5.74) is 4.15. The van der Waals surface area contributed by atoms with E-state index in [2.05, 4.69) is 42.0 Å². The summed E-state index contributed by atoms with van der Waals surface area (Å²) in [7, 11) is 0. The van der Waals surface area contributed by atoms with Crippen LogP contribution in [0.1, 0.15) is 5.56 Å². The van der Waals surface area contributed by atoms with Crippen LogP contribution in [-0.4, -0.2) is 32.7 Å². The zero-order valence-corrected chi connectivity index (χ0v) is 17.5. The zero-order valence-electron chi connectivity index (χ0n) is 14.3. The zero-order chi connectivity index (χ0) is 19.9. The van der Waals surface area contributed by atoms with Gasteiger partial charge >= 0.3 is 0 Å². The van der Waals surface area contributed by atoms with Crippen LogP contribution in [0.25, 0.3) is 0 Å². The molecule has 144 valence electrons. The molecule has 1 aromatic heterocycles. The Balaban J connectivity index is 1.54. The van der Waals surface area contributed by atoms with Crippen LogP contribution < -0.4 is 16.6 Å². The number of carbonyl (C=O) groups excluding carboxylic acids is 1. The van der Waals surface area contributed by atoms with Crippen molar-refractivity contribution in [2.75, 3.05) is 22.3 Å². The number of anilines is 2. The lowest BCUT2D eigenvalue weighted by Gasteiger charge is -2.05. The minimum absolute atomic E-state index is 0.130. The van der Waals surface area contributed by atoms with Gasteiger partial charge in [-0.15, -0.1) is 10.2 Å². The van der Waals surface area contributed by atoms with Crippen molar-refractivity contribution in [3.8, 4) is 0 Å². The normalized spacial score (nSPS) is 10.9. The number of nitrogens with one attached hydrogen (secondary N) is 2. The van der Waals surface area contributed by atoms with Gasteiger partial charge in [-0.3, -0.25) is 4.79 Å². The number of amides is 1. The topological polar surface area (TPSA) is 110 Å². The average Bonchev–Trinajstić information content (AvgIpc) is 3.01. The number of hydrogen-bond acceptors (Lipinski definition) is 7. The molecule has 0 aliphatic heterocycles. The summed E-state index contributed by atoms with van der Waals surface area (Å²) in [5, 5.41) is 15.7. The van der Waals surface area contributed by atoms with E-state index in [4.69, 9.17) is 17.4 Å². The van der Waals surface area contributed by atoms with Crippen molar-refractivity contribution in [1.82, 2.24) is 14.9 Å². The molecule has 1 heterocycles. The van der Waals surface area contributed by atoms with Crippen LogP contribution in [0, 0.1) is 0 Å². The highest BCUT2D eigenvalue weighted by molar-refractivity contribution is 9.10. The lowest BCUT2D eigenvalue weighted by Crippen LogP contribution is -2.16. The first kappa shape index (κ1) is 20.2. The summed E-state index contributed by atoms with van der Waals surface area (Å²) in [6, 6.07) is 14.6. The molecular formula is C17H15BrClN7OS. The SMILES string of the molecule is Nn1c(N/N=C/c2ccccc2Cl)nnc1SCC(=O)Nc1cccc(Br)c1. The first-order valence-electron chi connectivity index (χ1n) is 7.95. The molecule has 0 aliphatic rings. The first-order valence-corrected chi connectivity index (χ1v) is 10.1. The molecule has 0 saturated carbocycles. The number of aromatic nitrogens is 3. The molecular weight excluding hydrogens is 466 g/mol. The Bertz CT molecular complexity index is 1010. The van der Waals surface area contributed by atoms with Crippen LogP contribution in [0.2, 0.25) is 5.02 Å². The summed E-state index contributed by atoms with van der Waals surface area (Å²) < 4.78 is 2.11. The number of rotatable bonds is 7. The molecule has 3 rings (SSSR count). The van der Waals surface area contributed by atoms with Crippen molar-refractivity contribution in [2.24, 2.45) is 5.10 Å². The van der Waals surface area contributed by atoms with Crippen LogP contribution in [0.5, 0.6) is 0 Å². The van der Waals surface area contributed by atoms with Crippen LogP contribution in [-0.2, 0) is 4.79 Å². The lowest BCUT2D eigenvalue weighted by atomic mass is 10.2. The van der Waals surface area contributed by atoms with E-state index in [-0.39, 0.29) is 17.6 Å². The van der Waals surface area contributed by atoms with Crippen LogP contribution >= 0.6 is 39.3 Å². The highest BCUT2D eigenvalue weighted by atomic mass is 79.9. The Morgan fingerprint density at radius 3 is 2.89 bits per heavy atom. The van der Waals surface area contributed by atoms with Crippen molar-refractivity contribution >= 4 is 63.1 Å². The van der Waals surface area contributed by atoms with E-state index in [0.717, 1.165) is 21.8 Å². The fourth-order valence-corrected chi connectivity index (χ4v) is 3.32. The van der Waals surface area contributed by atoms with Crippen molar-refractivity contribution in [3.63, 3.8) is 0 Å². The fourth-order valence-electron chi connectivity index (χ4n) is 2.08. The predicted octanol–water partition coefficient (Wildman–Crippen LogP) is 3.58. The Morgan fingerprint density at radius 2 is 2.11 bits per heavy atom. The van der Waals surface area contributed by atoms with Gasteiger partial charge in [0.2, 0.25) is 11.1 Å². The molecule has 0 fully saturated rings. The number of nitrogen functional groups attached to an aromatic ring is 1. The number of benzene rings is 2. The monoisotopic (exact) mass is 479 g/mol. The molecule has 0 unspecified atom stereocenters. The second kappa shape index (κ2) is 9.58. The molecule has 0 spiro atoms. The second-order valence-corrected chi connectivity index (χ2v) is 7.68. The van der Waals surface area contributed by atoms with E-state index in [9.17, 15) is 4.79 Å². The maximum Gasteiger partial charge on any atom is 0.264 e. The van der Waals surface area contributed by atoms with Crippen LogP contribution in [0.15, 0.2) is 63.3 Å². The van der Waals surface area contributed by atoms with Gasteiger partial charge in [0, 0.05) is 20.7 Å². The molecule has 0 bridgehead atoms. The highest BCUT2D eigenvalue weighted by Gasteiger charge is 2.12. The number of nitrogens with two attached hydrogens (primary N) is 1. The van der Waals surface area contributed by atoms with Crippen molar-refractivity contribution in [3.05, 3.63) is 63.6 Å². The molecule has 28 heavy (non-hydrogen) atoms. The smallest absolute Gasteiger partial charge is 0.264 e. The Morgan fingerprint density at radius 1 is 1.29 bits per heavy atom. The van der Waals surface area contributed by atoms with E-state index in [0.29, 0.717) is 15.9 Å². The molecule has 0 saturated heterocycles. The van der Waals surface area contributed by atoms with E-state index in [1.54, 1.807) is 18.3 Å². The van der Waals surface area contributed by atoms with Crippen molar-refractivity contribution < 1.29 is 4.79 Å². The predicted molar refractivity (Wildman–Crippen MR) is 116 cm³/mol. The standard InChI is InChI=1S/C17H15BrClN7OS/c18-12-5-3-6-13(8-12)22-15(27)10-28-17-25-24-16(26(17)20)23-21-9-11-4-1-2-7-14(11)19/h1-9H,10,20H2,(H,22,27)(H,23,24)/b21-9+. The van der Waals surface area contributed by atoms with Crippen molar-refractivity contribution in [2.45, 2.75) is 5.16 Å². The van der Waals surface area contributed by atoms with Gasteiger partial charge in [-0.05, 0) is 24.3 Å². The number of halogens is 2. The van der Waals surface area contributed by atoms with Gasteiger partial charge in [-0.1, -0.05) is 63.6 Å². The number of nitrogens with zero attached hydrogens (tertiary/aromatic N) is 4. The maximum absolute atomic E-state index is 12.1. The van der Waals surface area contributed by atoms with Crippen LogP contribution in [0.4, 0.5) is 11.6 Å². The summed E-state index contributed by atoms with van der Waals surface area (Å²) in [4.78, 5) is 12.1. The van der Waals surface area contributed by atoms with E-state index < -0.39 is 0 Å². The van der Waals surface area contributed by atoms with E-state index in [1.807, 2.05) is 36.4 Å². The Hall–Kier alpha value is -2.56. The van der Waals surface area contributed by atoms with Gasteiger partial charge in [-0.2, -0.15) is 5.10 Å². The minimum atomic E-state index is -0.183. The fraction of sp³-hybridized carbons (Fsp3) is 0.0588. The summed E-state index contributed by atoms with van der Waals surface area (Å²) in [6.07, 6.45) is 1.55. The second-order valence-electron chi connectivity index (χ2n) is 5.41. The third-order valence-electron chi connectivity index (χ3n) is 3.38. The number of thioether (sulfide) groups is 1. The van der Waals surface area contributed by atoms with E-state index in [1.165, 1.54) is 4.68 Å². The van der Waals surface area contributed by atoms with Gasteiger partial charge < -0.3 is 11.2 Å². The molecule has 2 aromatic carbocycles. The maximum atomic E-state index is 12.1. The number of hydrogen-bond donors (Lipinski definition) is 3. The van der Waals surface area contributed by atoms with Gasteiger partial charge in [0.15, 0.2) is 0 Å². The molecule has 3 aromatic rings. The molecule has 0 radical (unpaired) electrons. The van der Waals surface area contributed by atoms with E-state index >= 15 is 0 Å². The Labute approximate surface area is 178 Å². The molecule has 11 heteroatoms. The third-order valence-corrected chi connectivity index (χ3v) is 5.16. The van der Waals surface area contributed by atoms with Crippen molar-refractivity contribution in [1.29, 1.82) is 0 Å². The molecule has 1 amide bonds. The average molecular weight is 481 g/mol. The first-order chi connectivity index (χ1) is 13.5. The molecule has 4 N–H and O–H groups in total. The lowest BCUT2D eigenvalue weighted by molar-refractivity contribution is -0.113. The molecule has 8 nitrogen and oxygen atoms in total. The number of carbonyl (C=O) groups is 1. The van der Waals surface area contributed by atoms with Gasteiger partial charge in [0.1, 0.15) is 0 Å².